The van der Waals surface area contributed by atoms with Crippen molar-refractivity contribution in [2.24, 2.45) is 11.7 Å². The number of rotatable bonds is 3. The van der Waals surface area contributed by atoms with Gasteiger partial charge in [0, 0.05) is 31.7 Å². The molecule has 2 aliphatic rings. The van der Waals surface area contributed by atoms with E-state index in [0.29, 0.717) is 19.6 Å². The van der Waals surface area contributed by atoms with Gasteiger partial charge >= 0.3 is 12.1 Å². The van der Waals surface area contributed by atoms with E-state index < -0.39 is 0 Å². The van der Waals surface area contributed by atoms with Crippen LogP contribution in [0.5, 0.6) is 0 Å². The highest BCUT2D eigenvalue weighted by Gasteiger charge is 2.34. The van der Waals surface area contributed by atoms with E-state index in [-0.39, 0.29) is 24.1 Å². The summed E-state index contributed by atoms with van der Waals surface area (Å²) < 4.78 is 0. The zero-order chi connectivity index (χ0) is 16.1. The minimum Gasteiger partial charge on any atom is -0.351 e. The fourth-order valence-corrected chi connectivity index (χ4v) is 3.79. The first-order valence-corrected chi connectivity index (χ1v) is 8.63. The Balaban J connectivity index is 1.91. The lowest BCUT2D eigenvalue weighted by atomic mass is 9.85. The van der Waals surface area contributed by atoms with Gasteiger partial charge in [-0.3, -0.25) is 0 Å². The van der Waals surface area contributed by atoms with Crippen molar-refractivity contribution in [1.29, 1.82) is 0 Å². The molecular weight excluding hydrogens is 280 g/mol. The predicted molar refractivity (Wildman–Crippen MR) is 86.5 cm³/mol. The van der Waals surface area contributed by atoms with Crippen LogP contribution in [-0.4, -0.2) is 53.6 Å². The summed E-state index contributed by atoms with van der Waals surface area (Å²) in [6.45, 7) is 6.23. The molecule has 1 aliphatic heterocycles. The van der Waals surface area contributed by atoms with Crippen LogP contribution in [0.1, 0.15) is 52.4 Å². The van der Waals surface area contributed by atoms with Crippen molar-refractivity contribution in [1.82, 2.24) is 15.1 Å². The summed E-state index contributed by atoms with van der Waals surface area (Å²) in [7, 11) is 0. The molecular formula is C16H30N4O2. The summed E-state index contributed by atoms with van der Waals surface area (Å²) >= 11 is 0. The van der Waals surface area contributed by atoms with Crippen LogP contribution in [0.25, 0.3) is 0 Å². The summed E-state index contributed by atoms with van der Waals surface area (Å²) in [4.78, 5) is 27.6. The topological polar surface area (TPSA) is 78.7 Å². The van der Waals surface area contributed by atoms with E-state index in [9.17, 15) is 9.59 Å². The van der Waals surface area contributed by atoms with Gasteiger partial charge in [-0.2, -0.15) is 0 Å². The van der Waals surface area contributed by atoms with Crippen LogP contribution in [0, 0.1) is 5.92 Å². The van der Waals surface area contributed by atoms with Crippen LogP contribution in [-0.2, 0) is 0 Å². The zero-order valence-electron chi connectivity index (χ0n) is 13.9. The largest absolute Gasteiger partial charge is 0.351 e. The summed E-state index contributed by atoms with van der Waals surface area (Å²) in [5.74, 6) is 0.755. The average molecular weight is 310 g/mol. The predicted octanol–water partition coefficient (Wildman–Crippen LogP) is 2.14. The lowest BCUT2D eigenvalue weighted by molar-refractivity contribution is 0.0866. The highest BCUT2D eigenvalue weighted by atomic mass is 16.2. The molecule has 4 amide bonds. The zero-order valence-corrected chi connectivity index (χ0v) is 13.9. The molecule has 126 valence electrons. The van der Waals surface area contributed by atoms with Crippen molar-refractivity contribution >= 4 is 12.1 Å². The van der Waals surface area contributed by atoms with Crippen molar-refractivity contribution in [3.05, 3.63) is 0 Å². The van der Waals surface area contributed by atoms with Gasteiger partial charge < -0.3 is 20.9 Å². The van der Waals surface area contributed by atoms with Crippen LogP contribution in [0.2, 0.25) is 0 Å². The summed E-state index contributed by atoms with van der Waals surface area (Å²) in [5, 5.41) is 2.83. The fraction of sp³-hybridized carbons (Fsp3) is 0.875. The van der Waals surface area contributed by atoms with Crippen molar-refractivity contribution < 1.29 is 9.59 Å². The molecule has 0 radical (unpaired) electrons. The molecule has 0 unspecified atom stereocenters. The molecule has 1 saturated heterocycles. The number of nitrogens with zero attached hydrogens (tertiary/aromatic N) is 2. The minimum atomic E-state index is -0.295. The number of amides is 4. The van der Waals surface area contributed by atoms with Gasteiger partial charge in [0.1, 0.15) is 0 Å². The van der Waals surface area contributed by atoms with Crippen molar-refractivity contribution in [2.75, 3.05) is 19.6 Å². The SMILES string of the molecule is CCNC(=O)N1CCC(N(C(N)=O)C2CCC(C)CC2)CC1. The van der Waals surface area contributed by atoms with Gasteiger partial charge in [0.05, 0.1) is 0 Å². The first-order valence-electron chi connectivity index (χ1n) is 8.63. The number of carbonyl (C=O) groups excluding carboxylic acids is 2. The van der Waals surface area contributed by atoms with Crippen LogP contribution in [0.3, 0.4) is 0 Å². The van der Waals surface area contributed by atoms with Crippen LogP contribution >= 0.6 is 0 Å². The second-order valence-electron chi connectivity index (χ2n) is 6.71. The van der Waals surface area contributed by atoms with E-state index in [0.717, 1.165) is 31.6 Å². The monoisotopic (exact) mass is 310 g/mol. The Morgan fingerprint density at radius 2 is 1.64 bits per heavy atom. The summed E-state index contributed by atoms with van der Waals surface area (Å²) in [6, 6.07) is 0.172. The molecule has 6 nitrogen and oxygen atoms in total. The van der Waals surface area contributed by atoms with Gasteiger partial charge in [-0.15, -0.1) is 0 Å². The Morgan fingerprint density at radius 3 is 2.14 bits per heavy atom. The smallest absolute Gasteiger partial charge is 0.317 e. The molecule has 2 rings (SSSR count). The molecule has 2 fully saturated rings. The number of carbonyl (C=O) groups is 2. The second-order valence-corrected chi connectivity index (χ2v) is 6.71. The number of primary amides is 1. The Bertz CT molecular complexity index is 386. The highest BCUT2D eigenvalue weighted by molar-refractivity contribution is 5.74. The van der Waals surface area contributed by atoms with Crippen LogP contribution in [0.4, 0.5) is 9.59 Å². The summed E-state index contributed by atoms with van der Waals surface area (Å²) in [5.41, 5.74) is 5.67. The fourth-order valence-electron chi connectivity index (χ4n) is 3.79. The maximum absolute atomic E-state index is 12.0. The molecule has 1 heterocycles. The van der Waals surface area contributed by atoms with Crippen LogP contribution in [0.15, 0.2) is 0 Å². The molecule has 0 aromatic carbocycles. The minimum absolute atomic E-state index is 0.00179. The van der Waals surface area contributed by atoms with Gasteiger partial charge in [-0.05, 0) is 51.4 Å². The van der Waals surface area contributed by atoms with Gasteiger partial charge in [-0.25, -0.2) is 9.59 Å². The van der Waals surface area contributed by atoms with Gasteiger partial charge in [-0.1, -0.05) is 6.92 Å². The van der Waals surface area contributed by atoms with E-state index >= 15 is 0 Å². The third-order valence-electron chi connectivity index (χ3n) is 5.11. The highest BCUT2D eigenvalue weighted by Crippen LogP contribution is 2.30. The number of nitrogens with one attached hydrogen (secondary N) is 1. The molecule has 0 aromatic heterocycles. The third-order valence-corrected chi connectivity index (χ3v) is 5.11. The van der Waals surface area contributed by atoms with Crippen molar-refractivity contribution in [3.63, 3.8) is 0 Å². The van der Waals surface area contributed by atoms with E-state index in [2.05, 4.69) is 12.2 Å². The van der Waals surface area contributed by atoms with E-state index in [1.807, 2.05) is 16.7 Å². The molecule has 6 heteroatoms. The number of piperidine rings is 1. The Labute approximate surface area is 133 Å². The number of hydrogen-bond acceptors (Lipinski definition) is 2. The Morgan fingerprint density at radius 1 is 1.09 bits per heavy atom. The first kappa shape index (κ1) is 16.9. The standard InChI is InChI=1S/C16H30N4O2/c1-3-18-16(22)19-10-8-14(9-11-19)20(15(17)21)13-6-4-12(2)5-7-13/h12-14H,3-11H2,1-2H3,(H2,17,21)(H,18,22). The molecule has 1 saturated carbocycles. The number of likely N-dealkylation sites (tertiary alicyclic amines) is 1. The molecule has 0 aromatic rings. The summed E-state index contributed by atoms with van der Waals surface area (Å²) in [6.07, 6.45) is 6.11. The molecule has 0 atom stereocenters. The van der Waals surface area contributed by atoms with Gasteiger partial charge in [0.15, 0.2) is 0 Å². The molecule has 1 aliphatic carbocycles. The molecule has 0 spiro atoms. The number of hydrogen-bond donors (Lipinski definition) is 2. The van der Waals surface area contributed by atoms with Gasteiger partial charge in [0.2, 0.25) is 0 Å². The van der Waals surface area contributed by atoms with E-state index in [1.54, 1.807) is 0 Å². The normalized spacial score (nSPS) is 26.5. The van der Waals surface area contributed by atoms with Gasteiger partial charge in [0.25, 0.3) is 0 Å². The average Bonchev–Trinajstić information content (AvgIpc) is 2.50. The van der Waals surface area contributed by atoms with Crippen molar-refractivity contribution in [3.8, 4) is 0 Å². The quantitative estimate of drug-likeness (QED) is 0.837. The molecule has 22 heavy (non-hydrogen) atoms. The number of nitrogens with two attached hydrogens (primary N) is 1. The second kappa shape index (κ2) is 7.70. The molecule has 0 bridgehead atoms. The maximum Gasteiger partial charge on any atom is 0.317 e. The van der Waals surface area contributed by atoms with E-state index in [4.69, 9.17) is 5.73 Å². The van der Waals surface area contributed by atoms with Crippen LogP contribution < -0.4 is 11.1 Å². The lowest BCUT2D eigenvalue weighted by Crippen LogP contribution is -2.55. The Hall–Kier alpha value is -1.46. The molecule has 3 N–H and O–H groups in total. The first-order chi connectivity index (χ1) is 10.5. The maximum atomic E-state index is 12.0. The van der Waals surface area contributed by atoms with E-state index in [1.165, 1.54) is 12.8 Å². The Kier molecular flexibility index (Phi) is 5.91. The third kappa shape index (κ3) is 4.05. The lowest BCUT2D eigenvalue weighted by Gasteiger charge is -2.43. The van der Waals surface area contributed by atoms with Crippen molar-refractivity contribution in [2.45, 2.75) is 64.5 Å². The number of urea groups is 2.